The van der Waals surface area contributed by atoms with Gasteiger partial charge in [-0.25, -0.2) is 4.99 Å². The van der Waals surface area contributed by atoms with Gasteiger partial charge in [-0.15, -0.1) is 0 Å². The molecule has 2 heterocycles. The Balaban J connectivity index is 2.08. The monoisotopic (exact) mass is 151 g/mol. The highest BCUT2D eigenvalue weighted by Crippen LogP contribution is 2.09. The lowest BCUT2D eigenvalue weighted by atomic mass is 10.1. The molecule has 0 bridgehead atoms. The lowest BCUT2D eigenvalue weighted by Crippen LogP contribution is -2.54. The molecule has 1 fully saturated rings. The van der Waals surface area contributed by atoms with E-state index in [-0.39, 0.29) is 0 Å². The molecule has 2 rings (SSSR count). The van der Waals surface area contributed by atoms with Crippen LogP contribution >= 0.6 is 0 Å². The molecule has 0 aromatic heterocycles. The van der Waals surface area contributed by atoms with Gasteiger partial charge in [-0.2, -0.15) is 0 Å². The molecular formula is C8H13N3. The fraction of sp³-hybridized carbons (Fsp3) is 0.625. The standard InChI is InChI=1S/C8H13N3/c1-11-6-2-4-10-8(11)7-3-5-9-7/h2,4,7,9H,3,5-6H2,1H3. The minimum atomic E-state index is 0.518. The predicted molar refractivity (Wildman–Crippen MR) is 45.6 cm³/mol. The third-order valence-corrected chi connectivity index (χ3v) is 2.22. The molecule has 0 radical (unpaired) electrons. The minimum Gasteiger partial charge on any atom is -0.358 e. The van der Waals surface area contributed by atoms with E-state index in [1.165, 1.54) is 12.3 Å². The van der Waals surface area contributed by atoms with E-state index in [4.69, 9.17) is 0 Å². The normalized spacial score (nSPS) is 29.7. The summed E-state index contributed by atoms with van der Waals surface area (Å²) >= 11 is 0. The molecule has 0 aromatic rings. The van der Waals surface area contributed by atoms with Crippen molar-refractivity contribution in [1.29, 1.82) is 0 Å². The van der Waals surface area contributed by atoms with Crippen LogP contribution in [0.15, 0.2) is 17.3 Å². The van der Waals surface area contributed by atoms with E-state index in [1.807, 2.05) is 6.20 Å². The molecule has 1 N–H and O–H groups in total. The van der Waals surface area contributed by atoms with Gasteiger partial charge in [-0.05, 0) is 19.0 Å². The molecule has 0 aromatic carbocycles. The largest absolute Gasteiger partial charge is 0.358 e. The van der Waals surface area contributed by atoms with Crippen LogP contribution in [0.1, 0.15) is 6.42 Å². The second-order valence-corrected chi connectivity index (χ2v) is 3.05. The number of amidine groups is 1. The minimum absolute atomic E-state index is 0.518. The number of hydrogen-bond donors (Lipinski definition) is 1. The first-order chi connectivity index (χ1) is 5.38. The van der Waals surface area contributed by atoms with Gasteiger partial charge in [0.1, 0.15) is 5.84 Å². The Bertz CT molecular complexity index is 203. The van der Waals surface area contributed by atoms with E-state index >= 15 is 0 Å². The van der Waals surface area contributed by atoms with E-state index < -0.39 is 0 Å². The van der Waals surface area contributed by atoms with Crippen molar-refractivity contribution < 1.29 is 0 Å². The van der Waals surface area contributed by atoms with Crippen LogP contribution in [0.4, 0.5) is 0 Å². The Labute approximate surface area is 66.8 Å². The summed E-state index contributed by atoms with van der Waals surface area (Å²) in [5.74, 6) is 1.19. The van der Waals surface area contributed by atoms with Gasteiger partial charge >= 0.3 is 0 Å². The second kappa shape index (κ2) is 2.66. The van der Waals surface area contributed by atoms with Crippen molar-refractivity contribution >= 4 is 5.84 Å². The molecule has 0 saturated carbocycles. The van der Waals surface area contributed by atoms with E-state index in [0.29, 0.717) is 6.04 Å². The van der Waals surface area contributed by atoms with Crippen LogP contribution in [0.2, 0.25) is 0 Å². The molecule has 0 aliphatic carbocycles. The van der Waals surface area contributed by atoms with Crippen LogP contribution < -0.4 is 5.32 Å². The van der Waals surface area contributed by atoms with E-state index in [1.54, 1.807) is 0 Å². The Morgan fingerprint density at radius 2 is 2.55 bits per heavy atom. The quantitative estimate of drug-likeness (QED) is 0.580. The number of nitrogens with zero attached hydrogens (tertiary/aromatic N) is 2. The molecule has 0 spiro atoms. The summed E-state index contributed by atoms with van der Waals surface area (Å²) in [7, 11) is 2.09. The van der Waals surface area contributed by atoms with Gasteiger partial charge in [0.15, 0.2) is 0 Å². The molecule has 3 heteroatoms. The topological polar surface area (TPSA) is 27.6 Å². The second-order valence-electron chi connectivity index (χ2n) is 3.05. The van der Waals surface area contributed by atoms with Gasteiger partial charge in [-0.3, -0.25) is 0 Å². The zero-order valence-corrected chi connectivity index (χ0v) is 6.75. The highest BCUT2D eigenvalue weighted by Gasteiger charge is 2.25. The van der Waals surface area contributed by atoms with Gasteiger partial charge in [0, 0.05) is 19.8 Å². The number of aliphatic imine (C=N–C) groups is 1. The van der Waals surface area contributed by atoms with Crippen molar-refractivity contribution in [2.75, 3.05) is 20.1 Å². The van der Waals surface area contributed by atoms with Crippen molar-refractivity contribution in [3.05, 3.63) is 12.3 Å². The van der Waals surface area contributed by atoms with Gasteiger partial charge in [0.05, 0.1) is 6.04 Å². The number of nitrogens with one attached hydrogen (secondary N) is 1. The highest BCUT2D eigenvalue weighted by molar-refractivity contribution is 5.89. The molecule has 2 aliphatic rings. The zero-order valence-electron chi connectivity index (χ0n) is 6.75. The van der Waals surface area contributed by atoms with Crippen molar-refractivity contribution in [3.63, 3.8) is 0 Å². The molecule has 2 aliphatic heterocycles. The summed E-state index contributed by atoms with van der Waals surface area (Å²) in [5.41, 5.74) is 0. The maximum atomic E-state index is 4.33. The summed E-state index contributed by atoms with van der Waals surface area (Å²) < 4.78 is 0. The Hall–Kier alpha value is -0.830. The van der Waals surface area contributed by atoms with Gasteiger partial charge in [0.2, 0.25) is 0 Å². The lowest BCUT2D eigenvalue weighted by molar-refractivity contribution is 0.409. The Morgan fingerprint density at radius 1 is 1.73 bits per heavy atom. The van der Waals surface area contributed by atoms with Crippen molar-refractivity contribution in [2.24, 2.45) is 4.99 Å². The number of hydrogen-bond acceptors (Lipinski definition) is 3. The molecular weight excluding hydrogens is 138 g/mol. The fourth-order valence-electron chi connectivity index (χ4n) is 1.39. The smallest absolute Gasteiger partial charge is 0.121 e. The van der Waals surface area contributed by atoms with Crippen LogP contribution in [-0.4, -0.2) is 36.9 Å². The summed E-state index contributed by atoms with van der Waals surface area (Å²) in [6.45, 7) is 2.14. The first-order valence-corrected chi connectivity index (χ1v) is 4.05. The van der Waals surface area contributed by atoms with Crippen LogP contribution in [0.5, 0.6) is 0 Å². The molecule has 60 valence electrons. The maximum Gasteiger partial charge on any atom is 0.121 e. The van der Waals surface area contributed by atoms with E-state index in [2.05, 4.69) is 28.3 Å². The Morgan fingerprint density at radius 3 is 3.09 bits per heavy atom. The highest BCUT2D eigenvalue weighted by atomic mass is 15.2. The maximum absolute atomic E-state index is 4.33. The van der Waals surface area contributed by atoms with Gasteiger partial charge < -0.3 is 10.2 Å². The lowest BCUT2D eigenvalue weighted by Gasteiger charge is -2.34. The van der Waals surface area contributed by atoms with E-state index in [9.17, 15) is 0 Å². The third kappa shape index (κ3) is 1.16. The molecule has 1 unspecified atom stereocenters. The summed E-state index contributed by atoms with van der Waals surface area (Å²) in [6, 6.07) is 0.518. The first-order valence-electron chi connectivity index (χ1n) is 4.05. The predicted octanol–water partition coefficient (Wildman–Crippen LogP) is 0.206. The van der Waals surface area contributed by atoms with Crippen molar-refractivity contribution in [3.8, 4) is 0 Å². The SMILES string of the molecule is CN1CC=CN=C1C1CCN1. The average Bonchev–Trinajstić information content (AvgIpc) is 1.90. The fourth-order valence-corrected chi connectivity index (χ4v) is 1.39. The zero-order chi connectivity index (χ0) is 7.68. The third-order valence-electron chi connectivity index (χ3n) is 2.22. The van der Waals surface area contributed by atoms with Crippen LogP contribution in [0, 0.1) is 0 Å². The van der Waals surface area contributed by atoms with Crippen LogP contribution in [-0.2, 0) is 0 Å². The van der Waals surface area contributed by atoms with Gasteiger partial charge in [-0.1, -0.05) is 0 Å². The van der Waals surface area contributed by atoms with Crippen LogP contribution in [0.25, 0.3) is 0 Å². The van der Waals surface area contributed by atoms with Gasteiger partial charge in [0.25, 0.3) is 0 Å². The molecule has 3 nitrogen and oxygen atoms in total. The first kappa shape index (κ1) is 6.85. The van der Waals surface area contributed by atoms with Crippen molar-refractivity contribution in [2.45, 2.75) is 12.5 Å². The molecule has 1 saturated heterocycles. The molecule has 0 amide bonds. The summed E-state index contributed by atoms with van der Waals surface area (Å²) in [5, 5.41) is 3.34. The average molecular weight is 151 g/mol. The number of rotatable bonds is 1. The van der Waals surface area contributed by atoms with Crippen LogP contribution in [0.3, 0.4) is 0 Å². The van der Waals surface area contributed by atoms with E-state index in [0.717, 1.165) is 13.1 Å². The molecule has 11 heavy (non-hydrogen) atoms. The summed E-state index contributed by atoms with van der Waals surface area (Å²) in [4.78, 5) is 6.52. The molecule has 1 atom stereocenters. The number of likely N-dealkylation sites (N-methyl/N-ethyl adjacent to an activating group) is 1. The van der Waals surface area contributed by atoms with Crippen molar-refractivity contribution in [1.82, 2.24) is 10.2 Å². The summed E-state index contributed by atoms with van der Waals surface area (Å²) in [6.07, 6.45) is 5.20. The Kier molecular flexibility index (Phi) is 1.66.